The SMILES string of the molecule is C=C1Cc2ccc(C(C)(C)C)nc2O1. The van der Waals surface area contributed by atoms with Crippen LogP contribution in [0.15, 0.2) is 24.5 Å². The van der Waals surface area contributed by atoms with E-state index >= 15 is 0 Å². The first-order valence-electron chi connectivity index (χ1n) is 4.83. The predicted molar refractivity (Wildman–Crippen MR) is 56.4 cm³/mol. The fourth-order valence-corrected chi connectivity index (χ4v) is 1.50. The summed E-state index contributed by atoms with van der Waals surface area (Å²) in [6.45, 7) is 10.2. The van der Waals surface area contributed by atoms with Gasteiger partial charge in [0.15, 0.2) is 0 Å². The third-order valence-electron chi connectivity index (χ3n) is 2.34. The zero-order valence-corrected chi connectivity index (χ0v) is 8.92. The molecule has 0 bridgehead atoms. The maximum Gasteiger partial charge on any atom is 0.222 e. The van der Waals surface area contributed by atoms with Crippen molar-refractivity contribution in [1.29, 1.82) is 0 Å². The van der Waals surface area contributed by atoms with E-state index in [0.717, 1.165) is 29.3 Å². The molecule has 14 heavy (non-hydrogen) atoms. The average molecular weight is 189 g/mol. The molecule has 0 saturated heterocycles. The Morgan fingerprint density at radius 1 is 1.36 bits per heavy atom. The van der Waals surface area contributed by atoms with E-state index in [2.05, 4.69) is 44.5 Å². The molecule has 1 aliphatic heterocycles. The van der Waals surface area contributed by atoms with E-state index in [0.29, 0.717) is 0 Å². The van der Waals surface area contributed by atoms with Gasteiger partial charge in [0.2, 0.25) is 5.88 Å². The normalized spacial score (nSPS) is 15.2. The largest absolute Gasteiger partial charge is 0.443 e. The molecule has 0 N–H and O–H groups in total. The summed E-state index contributed by atoms with van der Waals surface area (Å²) in [7, 11) is 0. The van der Waals surface area contributed by atoms with Crippen LogP contribution in [0.3, 0.4) is 0 Å². The molecule has 0 aliphatic carbocycles. The Labute approximate surface area is 84.6 Å². The van der Waals surface area contributed by atoms with Crippen LogP contribution < -0.4 is 4.74 Å². The first-order valence-corrected chi connectivity index (χ1v) is 4.83. The van der Waals surface area contributed by atoms with Crippen LogP contribution >= 0.6 is 0 Å². The summed E-state index contributed by atoms with van der Waals surface area (Å²) in [6, 6.07) is 4.15. The van der Waals surface area contributed by atoms with Crippen LogP contribution in [0.25, 0.3) is 0 Å². The van der Waals surface area contributed by atoms with Crippen LogP contribution in [0.1, 0.15) is 32.0 Å². The van der Waals surface area contributed by atoms with Crippen LogP contribution in [-0.2, 0) is 11.8 Å². The number of hydrogen-bond acceptors (Lipinski definition) is 2. The number of hydrogen-bond donors (Lipinski definition) is 0. The van der Waals surface area contributed by atoms with E-state index in [-0.39, 0.29) is 5.41 Å². The summed E-state index contributed by atoms with van der Waals surface area (Å²) in [5.41, 5.74) is 2.27. The van der Waals surface area contributed by atoms with E-state index in [1.165, 1.54) is 0 Å². The van der Waals surface area contributed by atoms with Gasteiger partial charge in [0.1, 0.15) is 5.76 Å². The Balaban J connectivity index is 2.43. The van der Waals surface area contributed by atoms with Crippen molar-refractivity contribution in [3.8, 4) is 5.88 Å². The van der Waals surface area contributed by atoms with Crippen LogP contribution in [0.5, 0.6) is 5.88 Å². The number of fused-ring (bicyclic) bond motifs is 1. The van der Waals surface area contributed by atoms with E-state index in [1.807, 2.05) is 0 Å². The van der Waals surface area contributed by atoms with E-state index in [9.17, 15) is 0 Å². The first kappa shape index (κ1) is 9.25. The second-order valence-electron chi connectivity index (χ2n) is 4.73. The zero-order valence-electron chi connectivity index (χ0n) is 8.92. The monoisotopic (exact) mass is 189 g/mol. The number of rotatable bonds is 0. The molecule has 0 atom stereocenters. The molecule has 2 nitrogen and oxygen atoms in total. The lowest BCUT2D eigenvalue weighted by Crippen LogP contribution is -2.13. The van der Waals surface area contributed by atoms with Crippen molar-refractivity contribution >= 4 is 0 Å². The summed E-state index contributed by atoms with van der Waals surface area (Å²) >= 11 is 0. The Bertz CT molecular complexity index is 388. The molecule has 0 amide bonds. The molecular weight excluding hydrogens is 174 g/mol. The summed E-state index contributed by atoms with van der Waals surface area (Å²) in [4.78, 5) is 4.49. The molecule has 0 saturated carbocycles. The number of aromatic nitrogens is 1. The van der Waals surface area contributed by atoms with Gasteiger partial charge in [-0.15, -0.1) is 0 Å². The van der Waals surface area contributed by atoms with Gasteiger partial charge in [-0.1, -0.05) is 33.4 Å². The molecule has 0 aromatic carbocycles. The highest BCUT2D eigenvalue weighted by atomic mass is 16.5. The Morgan fingerprint density at radius 3 is 2.71 bits per heavy atom. The molecule has 0 radical (unpaired) electrons. The van der Waals surface area contributed by atoms with E-state index < -0.39 is 0 Å². The third-order valence-corrected chi connectivity index (χ3v) is 2.34. The van der Waals surface area contributed by atoms with Gasteiger partial charge in [-0.25, -0.2) is 4.98 Å². The first-order chi connectivity index (χ1) is 6.47. The summed E-state index contributed by atoms with van der Waals surface area (Å²) in [6.07, 6.45) is 0.798. The van der Waals surface area contributed by atoms with Crippen molar-refractivity contribution in [2.24, 2.45) is 0 Å². The van der Waals surface area contributed by atoms with Crippen molar-refractivity contribution in [3.63, 3.8) is 0 Å². The minimum atomic E-state index is 0.0717. The van der Waals surface area contributed by atoms with E-state index in [1.54, 1.807) is 0 Å². The second kappa shape index (κ2) is 2.84. The molecule has 1 aromatic heterocycles. The van der Waals surface area contributed by atoms with Gasteiger partial charge in [0, 0.05) is 23.1 Å². The van der Waals surface area contributed by atoms with Crippen LogP contribution in [0.4, 0.5) is 0 Å². The van der Waals surface area contributed by atoms with Gasteiger partial charge >= 0.3 is 0 Å². The molecule has 2 heteroatoms. The lowest BCUT2D eigenvalue weighted by Gasteiger charge is -2.17. The van der Waals surface area contributed by atoms with Crippen molar-refractivity contribution in [2.75, 3.05) is 0 Å². The predicted octanol–water partition coefficient (Wildman–Crippen LogP) is 2.83. The molecule has 0 spiro atoms. The fourth-order valence-electron chi connectivity index (χ4n) is 1.50. The van der Waals surface area contributed by atoms with Crippen molar-refractivity contribution < 1.29 is 4.74 Å². The van der Waals surface area contributed by atoms with Gasteiger partial charge in [0.05, 0.1) is 0 Å². The minimum Gasteiger partial charge on any atom is -0.443 e. The Kier molecular flexibility index (Phi) is 1.88. The highest BCUT2D eigenvalue weighted by Gasteiger charge is 2.21. The van der Waals surface area contributed by atoms with Crippen molar-refractivity contribution in [3.05, 3.63) is 35.7 Å². The van der Waals surface area contributed by atoms with Gasteiger partial charge in [-0.2, -0.15) is 0 Å². The molecule has 0 unspecified atom stereocenters. The molecule has 1 aromatic rings. The number of pyridine rings is 1. The van der Waals surface area contributed by atoms with Crippen LogP contribution in [-0.4, -0.2) is 4.98 Å². The lowest BCUT2D eigenvalue weighted by molar-refractivity contribution is 0.426. The molecule has 0 fully saturated rings. The topological polar surface area (TPSA) is 22.1 Å². The van der Waals surface area contributed by atoms with Crippen molar-refractivity contribution in [2.45, 2.75) is 32.6 Å². The van der Waals surface area contributed by atoms with Gasteiger partial charge in [-0.3, -0.25) is 0 Å². The molecule has 2 rings (SSSR count). The number of nitrogens with zero attached hydrogens (tertiary/aromatic N) is 1. The summed E-state index contributed by atoms with van der Waals surface area (Å²) in [5, 5.41) is 0. The Morgan fingerprint density at radius 2 is 2.07 bits per heavy atom. The molecular formula is C12H15NO. The highest BCUT2D eigenvalue weighted by molar-refractivity contribution is 5.37. The third kappa shape index (κ3) is 1.52. The number of allylic oxidation sites excluding steroid dienone is 1. The maximum absolute atomic E-state index is 5.44. The van der Waals surface area contributed by atoms with Gasteiger partial charge < -0.3 is 4.74 Å². The smallest absolute Gasteiger partial charge is 0.222 e. The zero-order chi connectivity index (χ0) is 10.3. The summed E-state index contributed by atoms with van der Waals surface area (Å²) in [5.74, 6) is 1.53. The molecule has 74 valence electrons. The fraction of sp³-hybridized carbons (Fsp3) is 0.417. The maximum atomic E-state index is 5.44. The quantitative estimate of drug-likeness (QED) is 0.626. The highest BCUT2D eigenvalue weighted by Crippen LogP contribution is 2.31. The number of ether oxygens (including phenoxy) is 1. The minimum absolute atomic E-state index is 0.0717. The van der Waals surface area contributed by atoms with Crippen LogP contribution in [0, 0.1) is 0 Å². The van der Waals surface area contributed by atoms with Gasteiger partial charge in [0.25, 0.3) is 0 Å². The lowest BCUT2D eigenvalue weighted by atomic mass is 9.91. The summed E-state index contributed by atoms with van der Waals surface area (Å²) < 4.78 is 5.44. The standard InChI is InChI=1S/C12H15NO/c1-8-7-9-5-6-10(12(2,3)4)13-11(9)14-8/h5-6H,1,7H2,2-4H3. The molecule has 1 aliphatic rings. The molecule has 2 heterocycles. The van der Waals surface area contributed by atoms with Crippen molar-refractivity contribution in [1.82, 2.24) is 4.98 Å². The van der Waals surface area contributed by atoms with Crippen LogP contribution in [0.2, 0.25) is 0 Å². The van der Waals surface area contributed by atoms with E-state index in [4.69, 9.17) is 4.74 Å². The second-order valence-corrected chi connectivity index (χ2v) is 4.73. The Hall–Kier alpha value is -1.31. The average Bonchev–Trinajstić information content (AvgIpc) is 2.41. The van der Waals surface area contributed by atoms with Gasteiger partial charge in [-0.05, 0) is 6.07 Å².